The molecule has 0 aliphatic carbocycles. The van der Waals surface area contributed by atoms with Crippen LogP contribution in [0.1, 0.15) is 5.56 Å². The van der Waals surface area contributed by atoms with Crippen molar-refractivity contribution in [3.63, 3.8) is 0 Å². The number of benzene rings is 6. The Morgan fingerprint density at radius 2 is 1.12 bits per heavy atom. The number of halogens is 3. The molecule has 0 bridgehead atoms. The number of nitrogens with zero attached hydrogens (tertiary/aromatic N) is 1. The maximum Gasteiger partial charge on any atom is 0.417 e. The summed E-state index contributed by atoms with van der Waals surface area (Å²) >= 11 is 1.21. The highest BCUT2D eigenvalue weighted by atomic mass is 32.1. The third kappa shape index (κ3) is 3.85. The summed E-state index contributed by atoms with van der Waals surface area (Å²) in [4.78, 5) is 0. The molecule has 202 valence electrons. The minimum atomic E-state index is -4.42. The number of hydrogen-bond acceptors (Lipinski definition) is 1. The van der Waals surface area contributed by atoms with Crippen LogP contribution in [-0.4, -0.2) is 4.57 Å². The summed E-state index contributed by atoms with van der Waals surface area (Å²) in [6.45, 7) is 0. The van der Waals surface area contributed by atoms with E-state index in [1.54, 1.807) is 0 Å². The Balaban J connectivity index is 1.49. The van der Waals surface area contributed by atoms with Crippen molar-refractivity contribution in [2.45, 2.75) is 6.18 Å². The van der Waals surface area contributed by atoms with E-state index in [0.29, 0.717) is 5.39 Å². The second kappa shape index (κ2) is 9.33. The predicted octanol–water partition coefficient (Wildman–Crippen LogP) is 11.5. The number of rotatable bonds is 3. The van der Waals surface area contributed by atoms with E-state index in [2.05, 4.69) is 65.2 Å². The van der Waals surface area contributed by atoms with Gasteiger partial charge in [-0.05, 0) is 64.7 Å². The summed E-state index contributed by atoms with van der Waals surface area (Å²) < 4.78 is 45.4. The second-order valence-corrected chi connectivity index (χ2v) is 11.5. The van der Waals surface area contributed by atoms with E-state index in [-0.39, 0.29) is 4.70 Å². The van der Waals surface area contributed by atoms with Crippen LogP contribution in [0, 0.1) is 0 Å². The molecule has 0 atom stereocenters. The Morgan fingerprint density at radius 3 is 1.79 bits per heavy atom. The van der Waals surface area contributed by atoms with Gasteiger partial charge in [0.05, 0.1) is 16.6 Å². The van der Waals surface area contributed by atoms with Crippen molar-refractivity contribution in [1.82, 2.24) is 4.57 Å². The zero-order valence-electron chi connectivity index (χ0n) is 22.2. The Bertz CT molecular complexity index is 2220. The van der Waals surface area contributed by atoms with Gasteiger partial charge >= 0.3 is 6.18 Å². The molecule has 42 heavy (non-hydrogen) atoms. The molecule has 6 aromatic carbocycles. The highest BCUT2D eigenvalue weighted by molar-refractivity contribution is 7.26. The standard InChI is InChI=1S/C37H22F3NS/c38-37(39,40)30-16-9-15-29-35-33(42-36(29)30)19-18-32-34(35)28-14-7-8-17-31(28)41(32)27-21-25(23-10-3-1-4-11-23)20-26(22-27)24-12-5-2-6-13-24/h1-22H. The third-order valence-electron chi connectivity index (χ3n) is 7.99. The van der Waals surface area contributed by atoms with Gasteiger partial charge in [0.15, 0.2) is 0 Å². The van der Waals surface area contributed by atoms with Gasteiger partial charge in [-0.3, -0.25) is 0 Å². The fourth-order valence-corrected chi connectivity index (χ4v) is 7.43. The second-order valence-electron chi connectivity index (χ2n) is 10.5. The lowest BCUT2D eigenvalue weighted by Gasteiger charge is -2.14. The number of para-hydroxylation sites is 1. The minimum Gasteiger partial charge on any atom is -0.309 e. The molecule has 2 heterocycles. The van der Waals surface area contributed by atoms with Crippen LogP contribution < -0.4 is 0 Å². The molecule has 0 unspecified atom stereocenters. The van der Waals surface area contributed by atoms with Crippen LogP contribution in [0.5, 0.6) is 0 Å². The summed E-state index contributed by atoms with van der Waals surface area (Å²) in [5.41, 5.74) is 6.80. The SMILES string of the molecule is FC(F)(F)c1cccc2c1sc1ccc3c(c4ccccc4n3-c3cc(-c4ccccc4)cc(-c4ccccc4)c3)c12. The summed E-state index contributed by atoms with van der Waals surface area (Å²) in [5.74, 6) is 0. The van der Waals surface area contributed by atoms with Crippen LogP contribution in [0.25, 0.3) is 69.9 Å². The average Bonchev–Trinajstić information content (AvgIpc) is 3.57. The van der Waals surface area contributed by atoms with Crippen LogP contribution in [0.15, 0.2) is 133 Å². The van der Waals surface area contributed by atoms with E-state index in [1.165, 1.54) is 23.5 Å². The minimum absolute atomic E-state index is 0.279. The van der Waals surface area contributed by atoms with Crippen molar-refractivity contribution < 1.29 is 13.2 Å². The van der Waals surface area contributed by atoms with Crippen LogP contribution in [-0.2, 0) is 6.18 Å². The van der Waals surface area contributed by atoms with E-state index >= 15 is 0 Å². The number of hydrogen-bond donors (Lipinski definition) is 0. The predicted molar refractivity (Wildman–Crippen MR) is 170 cm³/mol. The van der Waals surface area contributed by atoms with E-state index in [1.807, 2.05) is 60.7 Å². The van der Waals surface area contributed by atoms with Gasteiger partial charge in [-0.2, -0.15) is 13.2 Å². The molecule has 2 aromatic heterocycles. The van der Waals surface area contributed by atoms with Crippen molar-refractivity contribution in [3.8, 4) is 27.9 Å². The van der Waals surface area contributed by atoms with Crippen LogP contribution in [0.2, 0.25) is 0 Å². The van der Waals surface area contributed by atoms with Gasteiger partial charge in [0, 0.05) is 36.6 Å². The molecule has 0 aliphatic heterocycles. The summed E-state index contributed by atoms with van der Waals surface area (Å²) in [7, 11) is 0. The zero-order valence-corrected chi connectivity index (χ0v) is 23.0. The first-order valence-corrected chi connectivity index (χ1v) is 14.5. The Labute approximate surface area is 243 Å². The van der Waals surface area contributed by atoms with E-state index in [4.69, 9.17) is 0 Å². The monoisotopic (exact) mass is 569 g/mol. The van der Waals surface area contributed by atoms with Crippen LogP contribution in [0.3, 0.4) is 0 Å². The molecule has 0 saturated carbocycles. The van der Waals surface area contributed by atoms with Crippen molar-refractivity contribution in [2.75, 3.05) is 0 Å². The quantitative estimate of drug-likeness (QED) is 0.199. The molecule has 8 rings (SSSR count). The van der Waals surface area contributed by atoms with Crippen LogP contribution >= 0.6 is 11.3 Å². The normalized spacial score (nSPS) is 12.2. The average molecular weight is 570 g/mol. The van der Waals surface area contributed by atoms with Crippen molar-refractivity contribution >= 4 is 53.3 Å². The van der Waals surface area contributed by atoms with Gasteiger partial charge < -0.3 is 4.57 Å². The summed E-state index contributed by atoms with van der Waals surface area (Å²) in [6, 6.07) is 44.0. The van der Waals surface area contributed by atoms with Gasteiger partial charge in [0.25, 0.3) is 0 Å². The zero-order chi connectivity index (χ0) is 28.4. The topological polar surface area (TPSA) is 4.93 Å². The lowest BCUT2D eigenvalue weighted by Crippen LogP contribution is -2.04. The van der Waals surface area contributed by atoms with Crippen molar-refractivity contribution in [3.05, 3.63) is 139 Å². The molecular formula is C37H22F3NS. The van der Waals surface area contributed by atoms with Crippen LogP contribution in [0.4, 0.5) is 13.2 Å². The lowest BCUT2D eigenvalue weighted by molar-refractivity contribution is -0.136. The third-order valence-corrected chi connectivity index (χ3v) is 9.20. The molecule has 0 radical (unpaired) electrons. The first kappa shape index (κ1) is 24.9. The highest BCUT2D eigenvalue weighted by Crippen LogP contribution is 2.47. The molecule has 0 fully saturated rings. The highest BCUT2D eigenvalue weighted by Gasteiger charge is 2.33. The lowest BCUT2D eigenvalue weighted by atomic mass is 9.98. The molecule has 0 spiro atoms. The molecule has 0 N–H and O–H groups in total. The number of alkyl halides is 3. The van der Waals surface area contributed by atoms with E-state index in [0.717, 1.165) is 59.8 Å². The van der Waals surface area contributed by atoms with E-state index in [9.17, 15) is 13.2 Å². The maximum absolute atomic E-state index is 14.0. The van der Waals surface area contributed by atoms with Crippen molar-refractivity contribution in [1.29, 1.82) is 0 Å². The first-order chi connectivity index (χ1) is 20.5. The van der Waals surface area contributed by atoms with Gasteiger partial charge in [-0.1, -0.05) is 91.0 Å². The van der Waals surface area contributed by atoms with Gasteiger partial charge in [-0.25, -0.2) is 0 Å². The maximum atomic E-state index is 14.0. The molecule has 8 aromatic rings. The molecular weight excluding hydrogens is 547 g/mol. The summed E-state index contributed by atoms with van der Waals surface area (Å²) in [6.07, 6.45) is -4.42. The molecule has 0 aliphatic rings. The largest absolute Gasteiger partial charge is 0.417 e. The van der Waals surface area contributed by atoms with Gasteiger partial charge in [0.2, 0.25) is 0 Å². The summed E-state index contributed by atoms with van der Waals surface area (Å²) in [5, 5.41) is 3.50. The van der Waals surface area contributed by atoms with Gasteiger partial charge in [0.1, 0.15) is 0 Å². The Hall–Kier alpha value is -4.87. The number of aromatic nitrogens is 1. The Morgan fingerprint density at radius 1 is 0.500 bits per heavy atom. The molecule has 1 nitrogen and oxygen atoms in total. The van der Waals surface area contributed by atoms with E-state index < -0.39 is 11.7 Å². The van der Waals surface area contributed by atoms with Gasteiger partial charge in [-0.15, -0.1) is 11.3 Å². The van der Waals surface area contributed by atoms with Crippen molar-refractivity contribution in [2.24, 2.45) is 0 Å². The fraction of sp³-hybridized carbons (Fsp3) is 0.0270. The number of thiophene rings is 1. The molecule has 0 saturated heterocycles. The fourth-order valence-electron chi connectivity index (χ4n) is 6.18. The molecule has 0 amide bonds. The molecule has 5 heteroatoms. The first-order valence-electron chi connectivity index (χ1n) is 13.7. The Kier molecular flexibility index (Phi) is 5.53. The smallest absolute Gasteiger partial charge is 0.309 e. The number of fused-ring (bicyclic) bond motifs is 7.